The molecule has 0 radical (unpaired) electrons. The lowest BCUT2D eigenvalue weighted by atomic mass is 9.82. The summed E-state index contributed by atoms with van der Waals surface area (Å²) in [5.41, 5.74) is 15.3. The van der Waals surface area contributed by atoms with E-state index in [1.807, 2.05) is 48.5 Å². The van der Waals surface area contributed by atoms with Crippen LogP contribution in [0.15, 0.2) is 133 Å². The topological polar surface area (TPSA) is 195 Å². The monoisotopic (exact) mass is 752 g/mol. The number of halogens is 2. The van der Waals surface area contributed by atoms with Gasteiger partial charge in [0.2, 0.25) is 0 Å². The maximum atomic E-state index is 13.2. The molecule has 0 aliphatic carbocycles. The van der Waals surface area contributed by atoms with Gasteiger partial charge in [0.25, 0.3) is 11.8 Å². The second-order valence-corrected chi connectivity index (χ2v) is 12.8. The number of aromatic nitrogens is 6. The molecular formula is C40H34F2N12O2. The minimum atomic E-state index is -1.38. The van der Waals surface area contributed by atoms with Gasteiger partial charge in [-0.05, 0) is 46.5 Å². The van der Waals surface area contributed by atoms with E-state index in [0.29, 0.717) is 22.3 Å². The summed E-state index contributed by atoms with van der Waals surface area (Å²) in [5.74, 6) is -0.399. The van der Waals surface area contributed by atoms with Crippen molar-refractivity contribution in [2.45, 2.75) is 24.4 Å². The normalized spacial score (nSPS) is 19.0. The lowest BCUT2D eigenvalue weighted by Crippen LogP contribution is -2.41. The smallest absolute Gasteiger partial charge is 0.266 e. The molecule has 6 heterocycles. The summed E-state index contributed by atoms with van der Waals surface area (Å²) in [6.45, 7) is -1.37. The summed E-state index contributed by atoms with van der Waals surface area (Å²) in [4.78, 5) is 62.5. The zero-order valence-electron chi connectivity index (χ0n) is 30.2. The van der Waals surface area contributed by atoms with Gasteiger partial charge in [-0.25, -0.2) is 38.7 Å². The van der Waals surface area contributed by atoms with Crippen LogP contribution in [-0.2, 0) is 34.0 Å². The number of guanidine groups is 2. The number of pyridine rings is 2. The van der Waals surface area contributed by atoms with Crippen molar-refractivity contribution in [2.24, 2.45) is 21.5 Å². The predicted octanol–water partition coefficient (Wildman–Crippen LogP) is 4.08. The van der Waals surface area contributed by atoms with Gasteiger partial charge in [0.05, 0.1) is 11.4 Å². The van der Waals surface area contributed by atoms with Crippen molar-refractivity contribution in [1.29, 1.82) is 0 Å². The van der Waals surface area contributed by atoms with Gasteiger partial charge in [-0.3, -0.25) is 29.4 Å². The van der Waals surface area contributed by atoms with E-state index in [2.05, 4.69) is 39.9 Å². The van der Waals surface area contributed by atoms with Crippen LogP contribution in [0.5, 0.6) is 0 Å². The number of nitrogens with zero attached hydrogens (tertiary/aromatic N) is 10. The highest BCUT2D eigenvalue weighted by Crippen LogP contribution is 2.41. The van der Waals surface area contributed by atoms with Gasteiger partial charge < -0.3 is 11.5 Å². The number of carbonyl (C=O) groups is 2. The summed E-state index contributed by atoms with van der Waals surface area (Å²) in [6.07, 6.45) is 12.6. The van der Waals surface area contributed by atoms with E-state index >= 15 is 0 Å². The SMILES string of the molecule is CN1C(=O)C(c2ccc(CF)nc2)(c2cccc(-c3cncnc3)c2)N=C1N.CN1C(=O)C(c2ccc(CF)nc2)(c2cccc(-c3cncnc3)c2)N=C1N. The fourth-order valence-corrected chi connectivity index (χ4v) is 6.55. The van der Waals surface area contributed by atoms with Crippen LogP contribution in [0.2, 0.25) is 0 Å². The van der Waals surface area contributed by atoms with Gasteiger partial charge in [-0.2, -0.15) is 0 Å². The molecule has 280 valence electrons. The van der Waals surface area contributed by atoms with Crippen molar-refractivity contribution in [2.75, 3.05) is 14.1 Å². The highest BCUT2D eigenvalue weighted by Gasteiger charge is 2.51. The Morgan fingerprint density at radius 3 is 1.23 bits per heavy atom. The molecule has 0 spiro atoms. The highest BCUT2D eigenvalue weighted by atomic mass is 19.1. The molecule has 2 amide bonds. The largest absolute Gasteiger partial charge is 0.369 e. The number of likely N-dealkylation sites (N-methyl/N-ethyl adjacent to an activating group) is 2. The van der Waals surface area contributed by atoms with E-state index < -0.39 is 24.4 Å². The van der Waals surface area contributed by atoms with Crippen LogP contribution in [0.3, 0.4) is 0 Å². The number of amides is 2. The minimum absolute atomic E-state index is 0.105. The molecule has 0 saturated heterocycles. The Bertz CT molecular complexity index is 2280. The number of benzene rings is 2. The second kappa shape index (κ2) is 15.2. The third-order valence-corrected chi connectivity index (χ3v) is 9.59. The number of aliphatic imine (C=N–C) groups is 2. The van der Waals surface area contributed by atoms with Crippen LogP contribution in [0.25, 0.3) is 22.3 Å². The van der Waals surface area contributed by atoms with Crippen LogP contribution in [0.1, 0.15) is 33.6 Å². The molecule has 2 unspecified atom stereocenters. The molecule has 0 saturated carbocycles. The van der Waals surface area contributed by atoms with Gasteiger partial charge in [0.15, 0.2) is 23.0 Å². The molecule has 4 N–H and O–H groups in total. The Morgan fingerprint density at radius 1 is 0.536 bits per heavy atom. The Labute approximate surface area is 319 Å². The number of rotatable bonds is 8. The molecule has 56 heavy (non-hydrogen) atoms. The zero-order valence-corrected chi connectivity index (χ0v) is 30.2. The van der Waals surface area contributed by atoms with E-state index in [4.69, 9.17) is 11.5 Å². The Balaban J connectivity index is 0.000000172. The summed E-state index contributed by atoms with van der Waals surface area (Å²) in [7, 11) is 3.14. The molecule has 2 aliphatic rings. The number of hydrogen-bond acceptors (Lipinski definition) is 12. The summed E-state index contributed by atoms with van der Waals surface area (Å²) < 4.78 is 25.8. The van der Waals surface area contributed by atoms with Crippen molar-refractivity contribution in [3.8, 4) is 22.3 Å². The first-order chi connectivity index (χ1) is 27.1. The van der Waals surface area contributed by atoms with Gasteiger partial charge in [0.1, 0.15) is 26.0 Å². The average Bonchev–Trinajstić information content (AvgIpc) is 3.64. The Hall–Kier alpha value is -7.36. The molecule has 8 rings (SSSR count). The molecule has 14 nitrogen and oxygen atoms in total. The van der Waals surface area contributed by atoms with Gasteiger partial charge in [-0.1, -0.05) is 48.5 Å². The standard InChI is InChI=1S/2C20H17FN6O/c2*1-27-18(28)20(26-19(27)22,16-5-6-17(8-21)25-11-16)15-4-2-3-13(7-15)14-9-23-12-24-10-14/h2*2-7,9-12H,8H2,1H3,(H2,22,26). The maximum absolute atomic E-state index is 13.2. The van der Waals surface area contributed by atoms with Gasteiger partial charge >= 0.3 is 0 Å². The van der Waals surface area contributed by atoms with Crippen molar-refractivity contribution in [3.63, 3.8) is 0 Å². The van der Waals surface area contributed by atoms with Crippen LogP contribution in [0, 0.1) is 0 Å². The number of nitrogens with two attached hydrogens (primary N) is 2. The highest BCUT2D eigenvalue weighted by molar-refractivity contribution is 6.09. The summed E-state index contributed by atoms with van der Waals surface area (Å²) >= 11 is 0. The molecule has 2 aromatic carbocycles. The average molecular weight is 753 g/mol. The van der Waals surface area contributed by atoms with E-state index in [1.165, 1.54) is 34.8 Å². The lowest BCUT2D eigenvalue weighted by Gasteiger charge is -2.26. The van der Waals surface area contributed by atoms with Crippen molar-refractivity contribution in [1.82, 2.24) is 39.7 Å². The number of hydrogen-bond donors (Lipinski definition) is 2. The third-order valence-electron chi connectivity index (χ3n) is 9.59. The minimum Gasteiger partial charge on any atom is -0.369 e. The quantitative estimate of drug-likeness (QED) is 0.229. The molecule has 0 bridgehead atoms. The van der Waals surface area contributed by atoms with E-state index in [-0.39, 0.29) is 35.1 Å². The van der Waals surface area contributed by atoms with Crippen LogP contribution in [-0.4, -0.2) is 77.5 Å². The third kappa shape index (κ3) is 6.46. The van der Waals surface area contributed by atoms with Crippen molar-refractivity contribution in [3.05, 3.63) is 156 Å². The van der Waals surface area contributed by atoms with Crippen LogP contribution in [0.4, 0.5) is 8.78 Å². The zero-order chi connectivity index (χ0) is 39.5. The molecule has 6 aromatic rings. The lowest BCUT2D eigenvalue weighted by molar-refractivity contribution is -0.130. The maximum Gasteiger partial charge on any atom is 0.266 e. The molecule has 2 aliphatic heterocycles. The summed E-state index contributed by atoms with van der Waals surface area (Å²) in [6, 6.07) is 21.2. The Kier molecular flexibility index (Phi) is 10.0. The Morgan fingerprint density at radius 2 is 0.929 bits per heavy atom. The van der Waals surface area contributed by atoms with E-state index in [0.717, 1.165) is 22.3 Å². The molecular weight excluding hydrogens is 719 g/mol. The fourth-order valence-electron chi connectivity index (χ4n) is 6.55. The number of alkyl halides is 2. The first-order valence-electron chi connectivity index (χ1n) is 17.1. The first-order valence-corrected chi connectivity index (χ1v) is 17.1. The summed E-state index contributed by atoms with van der Waals surface area (Å²) in [5, 5.41) is 0. The van der Waals surface area contributed by atoms with Gasteiger partial charge in [0, 0.05) is 73.5 Å². The van der Waals surface area contributed by atoms with E-state index in [9.17, 15) is 18.4 Å². The number of carbonyl (C=O) groups excluding carboxylic acids is 2. The molecule has 0 fully saturated rings. The molecule has 2 atom stereocenters. The van der Waals surface area contributed by atoms with Crippen LogP contribution >= 0.6 is 0 Å². The van der Waals surface area contributed by atoms with Crippen LogP contribution < -0.4 is 11.5 Å². The molecule has 4 aromatic heterocycles. The van der Waals surface area contributed by atoms with Crippen molar-refractivity contribution < 1.29 is 18.4 Å². The van der Waals surface area contributed by atoms with E-state index in [1.54, 1.807) is 63.1 Å². The van der Waals surface area contributed by atoms with Gasteiger partial charge in [-0.15, -0.1) is 0 Å². The van der Waals surface area contributed by atoms with Crippen molar-refractivity contribution >= 4 is 23.7 Å². The first kappa shape index (κ1) is 37.0. The molecule has 16 heteroatoms. The second-order valence-electron chi connectivity index (χ2n) is 12.8. The predicted molar refractivity (Wildman–Crippen MR) is 203 cm³/mol. The fraction of sp³-hybridized carbons (Fsp3) is 0.150.